The Morgan fingerprint density at radius 3 is 3.22 bits per heavy atom. The van der Waals surface area contributed by atoms with Gasteiger partial charge in [0.1, 0.15) is 12.0 Å². The molecule has 2 saturated heterocycles. The largest absolute Gasteiger partial charge is 0.375 e. The maximum atomic E-state index is 12.3. The third-order valence-corrected chi connectivity index (χ3v) is 3.79. The maximum absolute atomic E-state index is 12.3. The molecule has 1 amide bonds. The second kappa shape index (κ2) is 4.65. The van der Waals surface area contributed by atoms with E-state index >= 15 is 0 Å². The van der Waals surface area contributed by atoms with E-state index in [1.165, 1.54) is 6.33 Å². The van der Waals surface area contributed by atoms with Gasteiger partial charge in [-0.1, -0.05) is 0 Å². The first-order valence-electron chi connectivity index (χ1n) is 6.45. The molecule has 0 N–H and O–H groups in total. The number of fused-ring (bicyclic) bond motifs is 1. The van der Waals surface area contributed by atoms with Crippen LogP contribution in [-0.4, -0.2) is 46.1 Å². The number of hydrogen-bond acceptors (Lipinski definition) is 4. The summed E-state index contributed by atoms with van der Waals surface area (Å²) in [4.78, 5) is 22.0. The van der Waals surface area contributed by atoms with Crippen molar-refractivity contribution in [3.05, 3.63) is 24.3 Å². The van der Waals surface area contributed by atoms with E-state index in [0.29, 0.717) is 23.8 Å². The zero-order chi connectivity index (χ0) is 12.5. The van der Waals surface area contributed by atoms with E-state index in [1.54, 1.807) is 12.3 Å². The van der Waals surface area contributed by atoms with E-state index in [1.807, 2.05) is 4.90 Å². The number of hydrogen-bond donors (Lipinski definition) is 0. The molecular formula is C13H17N3O2. The normalized spacial score (nSPS) is 31.2. The lowest BCUT2D eigenvalue weighted by Crippen LogP contribution is -2.44. The van der Waals surface area contributed by atoms with Crippen molar-refractivity contribution in [3.8, 4) is 0 Å². The summed E-state index contributed by atoms with van der Waals surface area (Å²) in [6.45, 7) is 3.66. The molecule has 0 spiro atoms. The lowest BCUT2D eigenvalue weighted by molar-refractivity contribution is 0.00849. The summed E-state index contributed by atoms with van der Waals surface area (Å²) in [5, 5.41) is 0. The first kappa shape index (κ1) is 11.6. The highest BCUT2D eigenvalue weighted by atomic mass is 16.5. The van der Waals surface area contributed by atoms with E-state index < -0.39 is 0 Å². The van der Waals surface area contributed by atoms with Crippen LogP contribution in [0, 0.1) is 5.92 Å². The minimum Gasteiger partial charge on any atom is -0.375 e. The zero-order valence-electron chi connectivity index (χ0n) is 10.5. The number of rotatable bonds is 1. The fourth-order valence-electron chi connectivity index (χ4n) is 2.96. The molecule has 96 valence electrons. The second-order valence-electron chi connectivity index (χ2n) is 5.12. The molecule has 0 unspecified atom stereocenters. The summed E-state index contributed by atoms with van der Waals surface area (Å²) in [6.07, 6.45) is 5.68. The van der Waals surface area contributed by atoms with Crippen molar-refractivity contribution in [1.29, 1.82) is 0 Å². The number of likely N-dealkylation sites (tertiary alicyclic amines) is 1. The number of carbonyl (C=O) groups is 1. The zero-order valence-corrected chi connectivity index (χ0v) is 10.5. The minimum absolute atomic E-state index is 0.00963. The van der Waals surface area contributed by atoms with Crippen LogP contribution in [0.2, 0.25) is 0 Å². The summed E-state index contributed by atoms with van der Waals surface area (Å²) < 4.78 is 5.84. The molecule has 2 aliphatic rings. The van der Waals surface area contributed by atoms with Crippen molar-refractivity contribution in [3.63, 3.8) is 0 Å². The van der Waals surface area contributed by atoms with Gasteiger partial charge in [0.2, 0.25) is 0 Å². The van der Waals surface area contributed by atoms with Crippen molar-refractivity contribution in [2.45, 2.75) is 32.0 Å². The quantitative estimate of drug-likeness (QED) is 0.746. The monoisotopic (exact) mass is 247 g/mol. The molecule has 1 aromatic rings. The Morgan fingerprint density at radius 1 is 1.56 bits per heavy atom. The van der Waals surface area contributed by atoms with Gasteiger partial charge in [0.15, 0.2) is 0 Å². The van der Waals surface area contributed by atoms with Crippen LogP contribution >= 0.6 is 0 Å². The Morgan fingerprint density at radius 2 is 2.44 bits per heavy atom. The minimum atomic E-state index is 0.00963. The molecule has 0 saturated carbocycles. The standard InChI is InChI=1S/C13H17N3O2/c1-9-6-10-7-16(5-3-12(10)18-9)13(17)11-2-4-14-8-15-11/h2,4,8-10,12H,3,5-7H2,1H3/t9-,10-,12-/m0/s1. The molecule has 3 heterocycles. The van der Waals surface area contributed by atoms with E-state index in [4.69, 9.17) is 4.74 Å². The number of carbonyl (C=O) groups excluding carboxylic acids is 1. The average molecular weight is 247 g/mol. The van der Waals surface area contributed by atoms with Crippen LogP contribution in [0.25, 0.3) is 0 Å². The number of amides is 1. The second-order valence-corrected chi connectivity index (χ2v) is 5.12. The molecule has 0 radical (unpaired) electrons. The molecule has 5 heteroatoms. The summed E-state index contributed by atoms with van der Waals surface area (Å²) in [5.41, 5.74) is 0.482. The van der Waals surface area contributed by atoms with Gasteiger partial charge in [-0.05, 0) is 25.8 Å². The van der Waals surface area contributed by atoms with Crippen molar-refractivity contribution in [1.82, 2.24) is 14.9 Å². The Bertz CT molecular complexity index is 437. The molecule has 2 fully saturated rings. The van der Waals surface area contributed by atoms with Gasteiger partial charge in [0, 0.05) is 25.2 Å². The molecule has 18 heavy (non-hydrogen) atoms. The Hall–Kier alpha value is -1.49. The summed E-state index contributed by atoms with van der Waals surface area (Å²) in [7, 11) is 0. The van der Waals surface area contributed by atoms with Gasteiger partial charge in [-0.2, -0.15) is 0 Å². The molecule has 0 aliphatic carbocycles. The third kappa shape index (κ3) is 2.10. The maximum Gasteiger partial charge on any atom is 0.272 e. The number of nitrogens with zero attached hydrogens (tertiary/aromatic N) is 3. The van der Waals surface area contributed by atoms with Crippen molar-refractivity contribution < 1.29 is 9.53 Å². The summed E-state index contributed by atoms with van der Waals surface area (Å²) in [5.74, 6) is 0.495. The molecule has 2 aliphatic heterocycles. The first-order chi connectivity index (χ1) is 8.74. The molecule has 3 atom stereocenters. The van der Waals surface area contributed by atoms with Gasteiger partial charge in [-0.25, -0.2) is 9.97 Å². The highest BCUT2D eigenvalue weighted by molar-refractivity contribution is 5.92. The summed E-state index contributed by atoms with van der Waals surface area (Å²) >= 11 is 0. The van der Waals surface area contributed by atoms with Crippen molar-refractivity contribution in [2.75, 3.05) is 13.1 Å². The lowest BCUT2D eigenvalue weighted by atomic mass is 9.93. The number of ether oxygens (including phenoxy) is 1. The van der Waals surface area contributed by atoms with Crippen LogP contribution in [0.5, 0.6) is 0 Å². The van der Waals surface area contributed by atoms with Crippen LogP contribution in [0.4, 0.5) is 0 Å². The molecule has 0 aromatic carbocycles. The van der Waals surface area contributed by atoms with Crippen LogP contribution in [0.15, 0.2) is 18.6 Å². The van der Waals surface area contributed by atoms with Gasteiger partial charge in [0.25, 0.3) is 5.91 Å². The number of piperidine rings is 1. The van der Waals surface area contributed by atoms with Crippen LogP contribution in [-0.2, 0) is 4.74 Å². The third-order valence-electron chi connectivity index (χ3n) is 3.79. The highest BCUT2D eigenvalue weighted by Gasteiger charge is 2.38. The smallest absolute Gasteiger partial charge is 0.272 e. The topological polar surface area (TPSA) is 55.3 Å². The van der Waals surface area contributed by atoms with Crippen LogP contribution in [0.1, 0.15) is 30.3 Å². The average Bonchev–Trinajstić information content (AvgIpc) is 2.78. The SMILES string of the molecule is C[C@H]1C[C@H]2CN(C(=O)c3ccncn3)CC[C@@H]2O1. The van der Waals surface area contributed by atoms with E-state index in [-0.39, 0.29) is 5.91 Å². The van der Waals surface area contributed by atoms with Gasteiger partial charge >= 0.3 is 0 Å². The first-order valence-corrected chi connectivity index (χ1v) is 6.45. The predicted octanol–water partition coefficient (Wildman–Crippen LogP) is 1.12. The van der Waals surface area contributed by atoms with Gasteiger partial charge < -0.3 is 9.64 Å². The van der Waals surface area contributed by atoms with Crippen LogP contribution < -0.4 is 0 Å². The highest BCUT2D eigenvalue weighted by Crippen LogP contribution is 2.32. The van der Waals surface area contributed by atoms with Gasteiger partial charge in [-0.15, -0.1) is 0 Å². The van der Waals surface area contributed by atoms with Crippen molar-refractivity contribution in [2.24, 2.45) is 5.92 Å². The van der Waals surface area contributed by atoms with E-state index in [9.17, 15) is 4.79 Å². The van der Waals surface area contributed by atoms with Gasteiger partial charge in [-0.3, -0.25) is 4.79 Å². The van der Waals surface area contributed by atoms with Crippen LogP contribution in [0.3, 0.4) is 0 Å². The van der Waals surface area contributed by atoms with E-state index in [2.05, 4.69) is 16.9 Å². The number of aromatic nitrogens is 2. The van der Waals surface area contributed by atoms with Gasteiger partial charge in [0.05, 0.1) is 12.2 Å². The predicted molar refractivity (Wildman–Crippen MR) is 65.0 cm³/mol. The fourth-order valence-corrected chi connectivity index (χ4v) is 2.96. The summed E-state index contributed by atoms with van der Waals surface area (Å²) in [6, 6.07) is 1.67. The lowest BCUT2D eigenvalue weighted by Gasteiger charge is -2.33. The Kier molecular flexibility index (Phi) is 2.99. The molecular weight excluding hydrogens is 230 g/mol. The Balaban J connectivity index is 1.70. The molecule has 3 rings (SSSR count). The van der Waals surface area contributed by atoms with E-state index in [0.717, 1.165) is 25.9 Å². The molecule has 1 aromatic heterocycles. The fraction of sp³-hybridized carbons (Fsp3) is 0.615. The van der Waals surface area contributed by atoms with Crippen molar-refractivity contribution >= 4 is 5.91 Å². The molecule has 0 bridgehead atoms. The Labute approximate surface area is 106 Å². The molecule has 5 nitrogen and oxygen atoms in total.